The number of Topliss-reactive ketones (excluding diaryl/α,β-unsaturated/α-hetero) is 2. The number of hydrogen-bond acceptors (Lipinski definition) is 7. The first-order chi connectivity index (χ1) is 26.8. The van der Waals surface area contributed by atoms with Crippen molar-refractivity contribution in [1.29, 1.82) is 0 Å². The lowest BCUT2D eigenvalue weighted by Crippen LogP contribution is -2.67. The molecular formula is C50H68N2O5. The summed E-state index contributed by atoms with van der Waals surface area (Å²) >= 11 is 0. The van der Waals surface area contributed by atoms with E-state index in [-0.39, 0.29) is 51.3 Å². The summed E-state index contributed by atoms with van der Waals surface area (Å²) in [6, 6.07) is 14.2. The van der Waals surface area contributed by atoms with E-state index < -0.39 is 16.9 Å². The number of rotatable bonds is 9. The Kier molecular flexibility index (Phi) is 9.00. The van der Waals surface area contributed by atoms with E-state index in [9.17, 15) is 15.0 Å². The second-order valence-corrected chi connectivity index (χ2v) is 21.8. The Morgan fingerprint density at radius 1 is 1.00 bits per heavy atom. The van der Waals surface area contributed by atoms with Gasteiger partial charge >= 0.3 is 0 Å². The van der Waals surface area contributed by atoms with Crippen molar-refractivity contribution in [3.05, 3.63) is 70.3 Å². The highest BCUT2D eigenvalue weighted by atomic mass is 16.6. The van der Waals surface area contributed by atoms with E-state index in [4.69, 9.17) is 10.5 Å². The molecule has 7 heteroatoms. The third-order valence-electron chi connectivity index (χ3n) is 18.4. The zero-order chi connectivity index (χ0) is 40.7. The molecule has 0 amide bonds. The summed E-state index contributed by atoms with van der Waals surface area (Å²) in [5, 5.41) is 26.1. The van der Waals surface area contributed by atoms with E-state index in [1.807, 2.05) is 31.3 Å². The average Bonchev–Trinajstić information content (AvgIpc) is 3.49. The molecule has 1 aliphatic heterocycles. The standard InChI is InChI=1S/C50H68N2O5/c1-28(19-38(54)43-49(7,57-43)36-14-10-13-35(36)30-11-9-12-33(51)22-30)41-37-15-16-40-46(4)27-50(32-20-29(26-52-8)21-34(53)23-32)18-17-31(42(46)45(2,3)44(50)56)24-48(40,6)47(37,5)25-39(41)55/h9,11-12,20-23,28,31,35-36,38,40,42-43,52-54H,10,13-19,24-27,51H2,1-8H3. The summed E-state index contributed by atoms with van der Waals surface area (Å²) in [6.07, 6.45) is 9.04. The summed E-state index contributed by atoms with van der Waals surface area (Å²) in [5.74, 6) is 2.50. The number of anilines is 1. The van der Waals surface area contributed by atoms with Gasteiger partial charge in [-0.15, -0.1) is 0 Å². The van der Waals surface area contributed by atoms with E-state index in [0.717, 1.165) is 80.2 Å². The Hall–Kier alpha value is -3.00. The third kappa shape index (κ3) is 5.45. The second kappa shape index (κ2) is 13.0. The third-order valence-corrected chi connectivity index (χ3v) is 18.4. The number of carbonyl (C=O) groups excluding carboxylic acids is 2. The fraction of sp³-hybridized carbons (Fsp3) is 0.680. The van der Waals surface area contributed by atoms with Crippen molar-refractivity contribution in [1.82, 2.24) is 5.32 Å². The molecule has 6 saturated carbocycles. The molecule has 0 aromatic heterocycles. The normalized spacial score (nSPS) is 42.8. The SMILES string of the molecule is CNCc1cc(O)cc(C23CCC4CC5(C)C(CCC6=C(C(C)CC(O)C7OC7(C)C7CCCC7c7cccc(N)c7)C(=O)CC65C)C(C)(C2)C4C(C)(C)C3=O)c1. The van der Waals surface area contributed by atoms with E-state index in [0.29, 0.717) is 48.8 Å². The van der Waals surface area contributed by atoms with Gasteiger partial charge in [0.25, 0.3) is 0 Å². The first kappa shape index (κ1) is 39.5. The van der Waals surface area contributed by atoms with Gasteiger partial charge in [0.05, 0.1) is 17.1 Å². The number of benzene rings is 2. The summed E-state index contributed by atoms with van der Waals surface area (Å²) < 4.78 is 6.49. The molecule has 7 fully saturated rings. The largest absolute Gasteiger partial charge is 0.508 e. The molecule has 10 rings (SSSR count). The number of allylic oxidation sites excluding steroid dienone is 2. The lowest BCUT2D eigenvalue weighted by molar-refractivity contribution is -0.201. The molecule has 57 heavy (non-hydrogen) atoms. The van der Waals surface area contributed by atoms with Crippen LogP contribution in [0.4, 0.5) is 5.69 Å². The minimum atomic E-state index is -0.652. The summed E-state index contributed by atoms with van der Waals surface area (Å²) in [7, 11) is 1.92. The van der Waals surface area contributed by atoms with Crippen LogP contribution in [-0.4, -0.2) is 46.6 Å². The molecule has 7 aliphatic carbocycles. The Balaban J connectivity index is 1.00. The van der Waals surface area contributed by atoms with Gasteiger partial charge in [0.1, 0.15) is 17.6 Å². The van der Waals surface area contributed by atoms with Gasteiger partial charge in [-0.1, -0.05) is 71.7 Å². The Morgan fingerprint density at radius 2 is 1.77 bits per heavy atom. The molecule has 0 radical (unpaired) electrons. The van der Waals surface area contributed by atoms with Crippen LogP contribution >= 0.6 is 0 Å². The van der Waals surface area contributed by atoms with Gasteiger partial charge in [0.15, 0.2) is 5.78 Å². The lowest BCUT2D eigenvalue weighted by Gasteiger charge is -2.70. The highest BCUT2D eigenvalue weighted by Crippen LogP contribution is 2.78. The van der Waals surface area contributed by atoms with Crippen molar-refractivity contribution < 1.29 is 24.5 Å². The van der Waals surface area contributed by atoms with Gasteiger partial charge in [0.2, 0.25) is 0 Å². The minimum absolute atomic E-state index is 0.0546. The van der Waals surface area contributed by atoms with Crippen LogP contribution in [0.25, 0.3) is 0 Å². The number of phenols is 1. The highest BCUT2D eigenvalue weighted by molar-refractivity contribution is 6.01. The number of epoxide rings is 1. The first-order valence-corrected chi connectivity index (χ1v) is 22.3. The molecule has 7 nitrogen and oxygen atoms in total. The molecule has 8 aliphatic rings. The van der Waals surface area contributed by atoms with E-state index in [1.165, 1.54) is 11.1 Å². The lowest BCUT2D eigenvalue weighted by atomic mass is 9.33. The van der Waals surface area contributed by atoms with Crippen LogP contribution < -0.4 is 11.1 Å². The maximum atomic E-state index is 15.0. The van der Waals surface area contributed by atoms with Crippen molar-refractivity contribution >= 4 is 17.3 Å². The van der Waals surface area contributed by atoms with Gasteiger partial charge in [-0.25, -0.2) is 0 Å². The molecule has 13 atom stereocenters. The van der Waals surface area contributed by atoms with Crippen LogP contribution in [-0.2, 0) is 26.3 Å². The van der Waals surface area contributed by atoms with Crippen LogP contribution in [0.2, 0.25) is 0 Å². The van der Waals surface area contributed by atoms with Crippen LogP contribution in [0.1, 0.15) is 142 Å². The maximum Gasteiger partial charge on any atom is 0.159 e. The number of nitrogens with two attached hydrogens (primary N) is 1. The molecule has 0 spiro atoms. The van der Waals surface area contributed by atoms with Gasteiger partial charge < -0.3 is 26.0 Å². The van der Waals surface area contributed by atoms with E-state index in [1.54, 1.807) is 0 Å². The minimum Gasteiger partial charge on any atom is -0.508 e. The fourth-order valence-corrected chi connectivity index (χ4v) is 16.5. The van der Waals surface area contributed by atoms with E-state index in [2.05, 4.69) is 72.0 Å². The van der Waals surface area contributed by atoms with Crippen molar-refractivity contribution in [2.45, 2.75) is 155 Å². The molecule has 2 aromatic rings. The number of nitrogens with one attached hydrogen (secondary N) is 1. The molecule has 13 unspecified atom stereocenters. The van der Waals surface area contributed by atoms with Crippen molar-refractivity contribution in [3.63, 3.8) is 0 Å². The van der Waals surface area contributed by atoms with Gasteiger partial charge in [-0.2, -0.15) is 0 Å². The smallest absolute Gasteiger partial charge is 0.159 e. The summed E-state index contributed by atoms with van der Waals surface area (Å²) in [6.45, 7) is 16.9. The Labute approximate surface area is 341 Å². The quantitative estimate of drug-likeness (QED) is 0.148. The second-order valence-electron chi connectivity index (χ2n) is 21.8. The predicted octanol–water partition coefficient (Wildman–Crippen LogP) is 9.19. The number of fused-ring (bicyclic) bond motifs is 5. The zero-order valence-electron chi connectivity index (χ0n) is 35.8. The van der Waals surface area contributed by atoms with Gasteiger partial charge in [-0.3, -0.25) is 9.59 Å². The van der Waals surface area contributed by atoms with Gasteiger partial charge in [-0.05, 0) is 165 Å². The van der Waals surface area contributed by atoms with Crippen LogP contribution in [0.5, 0.6) is 5.75 Å². The van der Waals surface area contributed by atoms with Gasteiger partial charge in [0, 0.05) is 29.5 Å². The fourth-order valence-electron chi connectivity index (χ4n) is 16.5. The van der Waals surface area contributed by atoms with Crippen LogP contribution in [0.3, 0.4) is 0 Å². The summed E-state index contributed by atoms with van der Waals surface area (Å²) in [4.78, 5) is 29.5. The van der Waals surface area contributed by atoms with E-state index >= 15 is 4.79 Å². The molecule has 1 heterocycles. The molecule has 308 valence electrons. The predicted molar refractivity (Wildman–Crippen MR) is 224 cm³/mol. The molecule has 5 N–H and O–H groups in total. The zero-order valence-corrected chi connectivity index (χ0v) is 35.8. The van der Waals surface area contributed by atoms with Crippen LogP contribution in [0, 0.1) is 51.2 Å². The van der Waals surface area contributed by atoms with Crippen molar-refractivity contribution in [3.8, 4) is 5.75 Å². The first-order valence-electron chi connectivity index (χ1n) is 22.3. The number of aromatic hydroxyl groups is 1. The number of ether oxygens (including phenoxy) is 1. The number of aliphatic hydroxyl groups excluding tert-OH is 1. The number of aliphatic hydroxyl groups is 1. The number of carbonyl (C=O) groups is 2. The monoisotopic (exact) mass is 777 g/mol. The van der Waals surface area contributed by atoms with Crippen molar-refractivity contribution in [2.24, 2.45) is 51.2 Å². The number of ketones is 2. The Morgan fingerprint density at radius 3 is 2.51 bits per heavy atom. The number of phenolic OH excluding ortho intramolecular Hbond substituents is 1. The number of hydrogen-bond donors (Lipinski definition) is 4. The molecule has 2 aromatic carbocycles. The van der Waals surface area contributed by atoms with Crippen LogP contribution in [0.15, 0.2) is 53.6 Å². The molecule has 4 bridgehead atoms. The highest BCUT2D eigenvalue weighted by Gasteiger charge is 2.74. The number of nitrogen functional groups attached to an aromatic ring is 1. The average molecular weight is 777 g/mol. The topological polar surface area (TPSA) is 125 Å². The maximum absolute atomic E-state index is 15.0. The Bertz CT molecular complexity index is 2040. The molecular weight excluding hydrogens is 709 g/mol. The summed E-state index contributed by atoms with van der Waals surface area (Å²) in [5.41, 5.74) is 10.6. The molecule has 1 saturated heterocycles. The van der Waals surface area contributed by atoms with Crippen molar-refractivity contribution in [2.75, 3.05) is 12.8 Å².